The zero-order valence-electron chi connectivity index (χ0n) is 8.91. The van der Waals surface area contributed by atoms with E-state index in [-0.39, 0.29) is 5.97 Å². The number of carbonyl (C=O) groups excluding carboxylic acids is 1. The molecule has 1 aromatic rings. The molecule has 0 saturated heterocycles. The summed E-state index contributed by atoms with van der Waals surface area (Å²) in [6.07, 6.45) is 0.497. The third-order valence-electron chi connectivity index (χ3n) is 2.15. The molecule has 76 valence electrons. The SMILES string of the molecule is CC.CC1CC(=O)Oc2ccccc21. The molecule has 0 saturated carbocycles. The third-order valence-corrected chi connectivity index (χ3v) is 2.15. The Morgan fingerprint density at radius 2 is 1.93 bits per heavy atom. The van der Waals surface area contributed by atoms with Gasteiger partial charge >= 0.3 is 5.97 Å². The largest absolute Gasteiger partial charge is 0.426 e. The number of esters is 1. The second-order valence-electron chi connectivity index (χ2n) is 3.12. The normalized spacial score (nSPS) is 18.8. The Morgan fingerprint density at radius 3 is 2.64 bits per heavy atom. The topological polar surface area (TPSA) is 26.3 Å². The van der Waals surface area contributed by atoms with Crippen LogP contribution in [0, 0.1) is 0 Å². The number of ether oxygens (including phenoxy) is 1. The van der Waals surface area contributed by atoms with Gasteiger partial charge in [-0.25, -0.2) is 0 Å². The highest BCUT2D eigenvalue weighted by Gasteiger charge is 2.22. The van der Waals surface area contributed by atoms with Crippen LogP contribution in [0.3, 0.4) is 0 Å². The van der Waals surface area contributed by atoms with Crippen molar-refractivity contribution in [1.82, 2.24) is 0 Å². The molecule has 1 atom stereocenters. The highest BCUT2D eigenvalue weighted by atomic mass is 16.5. The van der Waals surface area contributed by atoms with Crippen LogP contribution in [-0.4, -0.2) is 5.97 Å². The summed E-state index contributed by atoms with van der Waals surface area (Å²) in [4.78, 5) is 11.0. The minimum atomic E-state index is -0.124. The van der Waals surface area contributed by atoms with Gasteiger partial charge in [0.05, 0.1) is 6.42 Å². The third kappa shape index (κ3) is 2.13. The minimum absolute atomic E-state index is 0.124. The van der Waals surface area contributed by atoms with Crippen LogP contribution in [-0.2, 0) is 4.79 Å². The summed E-state index contributed by atoms with van der Waals surface area (Å²) in [7, 11) is 0. The van der Waals surface area contributed by atoms with Gasteiger partial charge in [-0.05, 0) is 17.5 Å². The Hall–Kier alpha value is -1.31. The number of hydrogen-bond acceptors (Lipinski definition) is 2. The maximum absolute atomic E-state index is 11.0. The van der Waals surface area contributed by atoms with Crippen molar-refractivity contribution in [2.45, 2.75) is 33.1 Å². The molecule has 14 heavy (non-hydrogen) atoms. The highest BCUT2D eigenvalue weighted by Crippen LogP contribution is 2.32. The summed E-state index contributed by atoms with van der Waals surface area (Å²) in [6, 6.07) is 7.69. The number of benzene rings is 1. The van der Waals surface area contributed by atoms with Gasteiger partial charge in [-0.2, -0.15) is 0 Å². The lowest BCUT2D eigenvalue weighted by Gasteiger charge is -2.20. The quantitative estimate of drug-likeness (QED) is 0.466. The van der Waals surface area contributed by atoms with Crippen LogP contribution in [0.1, 0.15) is 38.7 Å². The van der Waals surface area contributed by atoms with E-state index in [0.717, 1.165) is 11.3 Å². The lowest BCUT2D eigenvalue weighted by Crippen LogP contribution is -2.18. The van der Waals surface area contributed by atoms with E-state index in [4.69, 9.17) is 4.74 Å². The molecule has 2 rings (SSSR count). The summed E-state index contributed by atoms with van der Waals surface area (Å²) in [5.74, 6) is 0.893. The van der Waals surface area contributed by atoms with E-state index in [1.807, 2.05) is 45.0 Å². The van der Waals surface area contributed by atoms with Crippen LogP contribution in [0.25, 0.3) is 0 Å². The Labute approximate surface area is 84.9 Å². The lowest BCUT2D eigenvalue weighted by molar-refractivity contribution is -0.135. The molecule has 1 aromatic carbocycles. The van der Waals surface area contributed by atoms with Crippen LogP contribution in [0.5, 0.6) is 5.75 Å². The molecule has 0 spiro atoms. The summed E-state index contributed by atoms with van der Waals surface area (Å²) in [5.41, 5.74) is 1.14. The standard InChI is InChI=1S/C10H10O2.C2H6/c1-7-6-10(11)12-9-5-3-2-4-8(7)9;1-2/h2-5,7H,6H2,1H3;1-2H3. The van der Waals surface area contributed by atoms with Gasteiger partial charge in [0, 0.05) is 0 Å². The van der Waals surface area contributed by atoms with Crippen LogP contribution in [0.15, 0.2) is 24.3 Å². The summed E-state index contributed by atoms with van der Waals surface area (Å²) < 4.78 is 5.06. The van der Waals surface area contributed by atoms with E-state index in [0.29, 0.717) is 12.3 Å². The summed E-state index contributed by atoms with van der Waals surface area (Å²) in [5, 5.41) is 0. The summed E-state index contributed by atoms with van der Waals surface area (Å²) >= 11 is 0. The monoisotopic (exact) mass is 192 g/mol. The Balaban J connectivity index is 0.000000461. The zero-order valence-corrected chi connectivity index (χ0v) is 8.91. The smallest absolute Gasteiger partial charge is 0.311 e. The molecule has 0 aliphatic carbocycles. The first kappa shape index (κ1) is 10.8. The fraction of sp³-hybridized carbons (Fsp3) is 0.417. The van der Waals surface area contributed by atoms with Crippen LogP contribution in [0.2, 0.25) is 0 Å². The van der Waals surface area contributed by atoms with E-state index in [1.54, 1.807) is 0 Å². The van der Waals surface area contributed by atoms with Gasteiger partial charge < -0.3 is 4.74 Å². The highest BCUT2D eigenvalue weighted by molar-refractivity contribution is 5.76. The maximum atomic E-state index is 11.0. The molecule has 0 radical (unpaired) electrons. The molecule has 0 aromatic heterocycles. The second kappa shape index (κ2) is 4.80. The Bertz CT molecular complexity index is 318. The molecule has 1 unspecified atom stereocenters. The van der Waals surface area contributed by atoms with Gasteiger partial charge in [0.15, 0.2) is 0 Å². The first-order valence-electron chi connectivity index (χ1n) is 5.07. The number of carbonyl (C=O) groups is 1. The van der Waals surface area contributed by atoms with Gasteiger partial charge in [0.1, 0.15) is 5.75 Å². The lowest BCUT2D eigenvalue weighted by atomic mass is 9.95. The van der Waals surface area contributed by atoms with Crippen molar-refractivity contribution in [2.75, 3.05) is 0 Å². The Morgan fingerprint density at radius 1 is 1.29 bits per heavy atom. The molecule has 2 nitrogen and oxygen atoms in total. The number of hydrogen-bond donors (Lipinski definition) is 0. The van der Waals surface area contributed by atoms with Gasteiger partial charge in [0.2, 0.25) is 0 Å². The first-order chi connectivity index (χ1) is 6.77. The van der Waals surface area contributed by atoms with Crippen LogP contribution in [0.4, 0.5) is 0 Å². The molecule has 0 bridgehead atoms. The van der Waals surface area contributed by atoms with Gasteiger partial charge in [-0.3, -0.25) is 4.79 Å². The molecule has 1 aliphatic heterocycles. The predicted octanol–water partition coefficient (Wildman–Crippen LogP) is 3.13. The molecular formula is C12H16O2. The number of fused-ring (bicyclic) bond motifs is 1. The second-order valence-corrected chi connectivity index (χ2v) is 3.12. The predicted molar refractivity (Wildman–Crippen MR) is 56.5 cm³/mol. The van der Waals surface area contributed by atoms with Gasteiger partial charge in [-0.1, -0.05) is 39.0 Å². The molecule has 2 heteroatoms. The van der Waals surface area contributed by atoms with Crippen LogP contribution >= 0.6 is 0 Å². The van der Waals surface area contributed by atoms with Crippen molar-refractivity contribution < 1.29 is 9.53 Å². The van der Waals surface area contributed by atoms with Crippen molar-refractivity contribution in [2.24, 2.45) is 0 Å². The molecular weight excluding hydrogens is 176 g/mol. The van der Waals surface area contributed by atoms with E-state index < -0.39 is 0 Å². The fourth-order valence-electron chi connectivity index (χ4n) is 1.50. The maximum Gasteiger partial charge on any atom is 0.311 e. The van der Waals surface area contributed by atoms with E-state index in [9.17, 15) is 4.79 Å². The van der Waals surface area contributed by atoms with E-state index >= 15 is 0 Å². The van der Waals surface area contributed by atoms with Crippen molar-refractivity contribution in [1.29, 1.82) is 0 Å². The molecule has 0 amide bonds. The van der Waals surface area contributed by atoms with Crippen LogP contribution < -0.4 is 4.74 Å². The number of para-hydroxylation sites is 1. The number of rotatable bonds is 0. The van der Waals surface area contributed by atoms with Crippen molar-refractivity contribution >= 4 is 5.97 Å². The zero-order chi connectivity index (χ0) is 10.6. The fourth-order valence-corrected chi connectivity index (χ4v) is 1.50. The molecule has 0 N–H and O–H groups in total. The van der Waals surface area contributed by atoms with Gasteiger partial charge in [-0.15, -0.1) is 0 Å². The molecule has 0 fully saturated rings. The Kier molecular flexibility index (Phi) is 3.69. The minimum Gasteiger partial charge on any atom is -0.426 e. The van der Waals surface area contributed by atoms with Crippen molar-refractivity contribution in [3.63, 3.8) is 0 Å². The average molecular weight is 192 g/mol. The molecule has 1 aliphatic rings. The first-order valence-corrected chi connectivity index (χ1v) is 5.07. The van der Waals surface area contributed by atoms with Crippen molar-refractivity contribution in [3.8, 4) is 5.75 Å². The summed E-state index contributed by atoms with van der Waals surface area (Å²) in [6.45, 7) is 6.04. The molecule has 1 heterocycles. The van der Waals surface area contributed by atoms with Crippen molar-refractivity contribution in [3.05, 3.63) is 29.8 Å². The van der Waals surface area contributed by atoms with E-state index in [2.05, 4.69) is 0 Å². The average Bonchev–Trinajstić information content (AvgIpc) is 2.20. The van der Waals surface area contributed by atoms with Gasteiger partial charge in [0.25, 0.3) is 0 Å². The van der Waals surface area contributed by atoms with E-state index in [1.165, 1.54) is 0 Å².